The third-order valence-corrected chi connectivity index (χ3v) is 4.87. The van der Waals surface area contributed by atoms with Crippen molar-refractivity contribution in [3.8, 4) is 11.5 Å². The van der Waals surface area contributed by atoms with E-state index >= 15 is 0 Å². The highest BCUT2D eigenvalue weighted by Crippen LogP contribution is 2.35. The van der Waals surface area contributed by atoms with Crippen molar-refractivity contribution in [2.24, 2.45) is 5.14 Å². The highest BCUT2D eigenvalue weighted by atomic mass is 35.5. The summed E-state index contributed by atoms with van der Waals surface area (Å²) in [6.45, 7) is 1.34. The van der Waals surface area contributed by atoms with Crippen molar-refractivity contribution in [1.29, 1.82) is 0 Å². The summed E-state index contributed by atoms with van der Waals surface area (Å²) in [5, 5.41) is 8.89. The molecule has 0 fully saturated rings. The second kappa shape index (κ2) is 8.53. The summed E-state index contributed by atoms with van der Waals surface area (Å²) in [6, 6.07) is 10.2. The standard InChI is InChI=1S/C17H21ClN2O4S/c1-23-16-10-13(9-15(18)17(16)24-2)11-20-8-7-12-3-5-14(6-4-12)25(19,21)22/h3-6,9-10,20H,7-8,11H2,1-2H3,(H2,19,21,22). The highest BCUT2D eigenvalue weighted by Gasteiger charge is 2.10. The molecule has 0 atom stereocenters. The zero-order chi connectivity index (χ0) is 18.4. The maximum Gasteiger partial charge on any atom is 0.238 e. The van der Waals surface area contributed by atoms with Gasteiger partial charge in [-0.3, -0.25) is 0 Å². The predicted octanol–water partition coefficient (Wildman–Crippen LogP) is 2.34. The topological polar surface area (TPSA) is 90.6 Å². The molecule has 3 N–H and O–H groups in total. The largest absolute Gasteiger partial charge is 0.493 e. The van der Waals surface area contributed by atoms with E-state index in [1.54, 1.807) is 26.4 Å². The van der Waals surface area contributed by atoms with Crippen LogP contribution < -0.4 is 19.9 Å². The quantitative estimate of drug-likeness (QED) is 0.682. The number of ether oxygens (including phenoxy) is 2. The average Bonchev–Trinajstić information content (AvgIpc) is 2.57. The molecule has 0 aliphatic carbocycles. The smallest absolute Gasteiger partial charge is 0.238 e. The number of hydrogen-bond donors (Lipinski definition) is 2. The van der Waals surface area contributed by atoms with Gasteiger partial charge in [0, 0.05) is 6.54 Å². The maximum atomic E-state index is 11.2. The lowest BCUT2D eigenvalue weighted by atomic mass is 10.1. The lowest BCUT2D eigenvalue weighted by molar-refractivity contribution is 0.354. The van der Waals surface area contributed by atoms with E-state index in [0.29, 0.717) is 23.1 Å². The van der Waals surface area contributed by atoms with E-state index < -0.39 is 10.0 Å². The fourth-order valence-electron chi connectivity index (χ4n) is 2.38. The Bertz CT molecular complexity index is 823. The van der Waals surface area contributed by atoms with Crippen molar-refractivity contribution in [1.82, 2.24) is 5.32 Å². The summed E-state index contributed by atoms with van der Waals surface area (Å²) in [5.41, 5.74) is 2.00. The number of hydrogen-bond acceptors (Lipinski definition) is 5. The minimum absolute atomic E-state index is 0.115. The molecule has 136 valence electrons. The van der Waals surface area contributed by atoms with Gasteiger partial charge in [0.25, 0.3) is 0 Å². The number of sulfonamides is 1. The summed E-state index contributed by atoms with van der Waals surface area (Å²) in [5.74, 6) is 1.10. The number of nitrogens with two attached hydrogens (primary N) is 1. The number of primary sulfonamides is 1. The molecule has 0 heterocycles. The monoisotopic (exact) mass is 384 g/mol. The molecule has 2 aromatic carbocycles. The predicted molar refractivity (Wildman–Crippen MR) is 97.8 cm³/mol. The van der Waals surface area contributed by atoms with Crippen molar-refractivity contribution in [3.63, 3.8) is 0 Å². The minimum atomic E-state index is -3.65. The number of halogens is 1. The Balaban J connectivity index is 1.90. The maximum absolute atomic E-state index is 11.2. The van der Waals surface area contributed by atoms with E-state index in [4.69, 9.17) is 26.2 Å². The van der Waals surface area contributed by atoms with Crippen molar-refractivity contribution in [2.75, 3.05) is 20.8 Å². The van der Waals surface area contributed by atoms with Gasteiger partial charge in [0.05, 0.1) is 24.1 Å². The first-order valence-corrected chi connectivity index (χ1v) is 9.50. The van der Waals surface area contributed by atoms with Crippen molar-refractivity contribution >= 4 is 21.6 Å². The summed E-state index contributed by atoms with van der Waals surface area (Å²) in [6.07, 6.45) is 0.756. The van der Waals surface area contributed by atoms with Crippen LogP contribution in [0.3, 0.4) is 0 Å². The van der Waals surface area contributed by atoms with Crippen molar-refractivity contribution in [3.05, 3.63) is 52.5 Å². The van der Waals surface area contributed by atoms with Gasteiger partial charge in [-0.15, -0.1) is 0 Å². The van der Waals surface area contributed by atoms with Crippen LogP contribution in [-0.2, 0) is 23.0 Å². The summed E-state index contributed by atoms with van der Waals surface area (Å²) >= 11 is 6.18. The van der Waals surface area contributed by atoms with E-state index in [9.17, 15) is 8.42 Å². The van der Waals surface area contributed by atoms with E-state index in [0.717, 1.165) is 24.1 Å². The molecule has 6 nitrogen and oxygen atoms in total. The molecule has 0 amide bonds. The Morgan fingerprint density at radius 3 is 2.32 bits per heavy atom. The average molecular weight is 385 g/mol. The first-order chi connectivity index (χ1) is 11.8. The van der Waals surface area contributed by atoms with E-state index in [1.165, 1.54) is 12.1 Å². The van der Waals surface area contributed by atoms with E-state index in [1.807, 2.05) is 12.1 Å². The third-order valence-electron chi connectivity index (χ3n) is 3.66. The van der Waals surface area contributed by atoms with Crippen LogP contribution in [0.5, 0.6) is 11.5 Å². The van der Waals surface area contributed by atoms with Gasteiger partial charge in [-0.05, 0) is 48.4 Å². The zero-order valence-corrected chi connectivity index (χ0v) is 15.7. The first-order valence-electron chi connectivity index (χ1n) is 7.58. The van der Waals surface area contributed by atoms with Gasteiger partial charge >= 0.3 is 0 Å². The summed E-state index contributed by atoms with van der Waals surface area (Å²) < 4.78 is 32.9. The van der Waals surface area contributed by atoms with Gasteiger partial charge in [-0.1, -0.05) is 23.7 Å². The van der Waals surface area contributed by atoms with Crippen LogP contribution in [0.2, 0.25) is 5.02 Å². The zero-order valence-electron chi connectivity index (χ0n) is 14.1. The third kappa shape index (κ3) is 5.34. The summed E-state index contributed by atoms with van der Waals surface area (Å²) in [7, 11) is -0.537. The molecule has 2 rings (SSSR count). The lowest BCUT2D eigenvalue weighted by Gasteiger charge is -2.12. The second-order valence-corrected chi connectivity index (χ2v) is 7.40. The Morgan fingerprint density at radius 2 is 1.76 bits per heavy atom. The van der Waals surface area contributed by atoms with E-state index in [2.05, 4.69) is 5.32 Å². The molecular formula is C17H21ClN2O4S. The fourth-order valence-corrected chi connectivity index (χ4v) is 3.21. The van der Waals surface area contributed by atoms with Crippen LogP contribution in [0, 0.1) is 0 Å². The van der Waals surface area contributed by atoms with Crippen molar-refractivity contribution < 1.29 is 17.9 Å². The van der Waals surface area contributed by atoms with Crippen LogP contribution in [-0.4, -0.2) is 29.2 Å². The molecule has 0 bridgehead atoms. The molecule has 0 spiro atoms. The Kier molecular flexibility index (Phi) is 6.66. The fraction of sp³-hybridized carbons (Fsp3) is 0.294. The Morgan fingerprint density at radius 1 is 1.08 bits per heavy atom. The number of nitrogens with one attached hydrogen (secondary N) is 1. The molecule has 8 heteroatoms. The van der Waals surface area contributed by atoms with Gasteiger partial charge in [0.1, 0.15) is 0 Å². The van der Waals surface area contributed by atoms with Gasteiger partial charge in [0.15, 0.2) is 11.5 Å². The van der Waals surface area contributed by atoms with Crippen LogP contribution in [0.1, 0.15) is 11.1 Å². The van der Waals surface area contributed by atoms with Gasteiger partial charge < -0.3 is 14.8 Å². The second-order valence-electron chi connectivity index (χ2n) is 5.43. The van der Waals surface area contributed by atoms with Gasteiger partial charge in [-0.2, -0.15) is 0 Å². The number of methoxy groups -OCH3 is 2. The van der Waals surface area contributed by atoms with Gasteiger partial charge in [0.2, 0.25) is 10.0 Å². The molecule has 0 saturated carbocycles. The highest BCUT2D eigenvalue weighted by molar-refractivity contribution is 7.89. The Hall–Kier alpha value is -1.80. The lowest BCUT2D eigenvalue weighted by Crippen LogP contribution is -2.17. The SMILES string of the molecule is COc1cc(CNCCc2ccc(S(N)(=O)=O)cc2)cc(Cl)c1OC. The normalized spacial score (nSPS) is 11.4. The molecule has 25 heavy (non-hydrogen) atoms. The summed E-state index contributed by atoms with van der Waals surface area (Å²) in [4.78, 5) is 0.115. The molecule has 0 saturated heterocycles. The number of rotatable bonds is 8. The molecule has 0 unspecified atom stereocenters. The van der Waals surface area contributed by atoms with E-state index in [-0.39, 0.29) is 4.90 Å². The van der Waals surface area contributed by atoms with Crippen LogP contribution >= 0.6 is 11.6 Å². The minimum Gasteiger partial charge on any atom is -0.493 e. The van der Waals surface area contributed by atoms with Gasteiger partial charge in [-0.25, -0.2) is 13.6 Å². The van der Waals surface area contributed by atoms with Crippen LogP contribution in [0.4, 0.5) is 0 Å². The van der Waals surface area contributed by atoms with Crippen molar-refractivity contribution in [2.45, 2.75) is 17.9 Å². The first kappa shape index (κ1) is 19.5. The molecule has 0 aliphatic rings. The molecule has 0 aliphatic heterocycles. The molecule has 0 radical (unpaired) electrons. The molecule has 0 aromatic heterocycles. The Labute approximate surface area is 152 Å². The number of benzene rings is 2. The molecular weight excluding hydrogens is 364 g/mol. The molecule has 2 aromatic rings. The van der Waals surface area contributed by atoms with Crippen LogP contribution in [0.15, 0.2) is 41.3 Å². The van der Waals surface area contributed by atoms with Crippen LogP contribution in [0.25, 0.3) is 0 Å².